The van der Waals surface area contributed by atoms with Gasteiger partial charge in [-0.1, -0.05) is 30.3 Å². The van der Waals surface area contributed by atoms with Crippen LogP contribution in [0.3, 0.4) is 0 Å². The van der Waals surface area contributed by atoms with E-state index in [1.807, 2.05) is 42.5 Å². The van der Waals surface area contributed by atoms with Gasteiger partial charge in [0.1, 0.15) is 6.04 Å². The summed E-state index contributed by atoms with van der Waals surface area (Å²) in [6.07, 6.45) is 0.626. The van der Waals surface area contributed by atoms with Crippen molar-refractivity contribution in [2.24, 2.45) is 0 Å². The van der Waals surface area contributed by atoms with E-state index in [1.165, 1.54) is 0 Å². The lowest BCUT2D eigenvalue weighted by Crippen LogP contribution is -2.52. The molecule has 126 valence electrons. The summed E-state index contributed by atoms with van der Waals surface area (Å²) in [7, 11) is 0. The van der Waals surface area contributed by atoms with Crippen LogP contribution in [0.25, 0.3) is 11.1 Å². The van der Waals surface area contributed by atoms with Crippen molar-refractivity contribution < 1.29 is 14.4 Å². The zero-order chi connectivity index (χ0) is 17.6. The van der Waals surface area contributed by atoms with Crippen LogP contribution in [0.1, 0.15) is 28.8 Å². The van der Waals surface area contributed by atoms with E-state index in [1.54, 1.807) is 4.90 Å². The standard InChI is InChI=1S/C19H15BrN2O3/c20-14-9-12(11-4-2-1-3-5-11)8-13-10-22(19(25)17(13)14)15-6-7-16(23)21-18(15)24/h1-5,8-9,15H,6-7,10H2,(H,21,23,24). The monoisotopic (exact) mass is 398 g/mol. The Bertz CT molecular complexity index is 895. The molecule has 3 amide bonds. The number of benzene rings is 2. The molecule has 1 saturated heterocycles. The largest absolute Gasteiger partial charge is 0.322 e. The van der Waals surface area contributed by atoms with E-state index >= 15 is 0 Å². The van der Waals surface area contributed by atoms with Crippen molar-refractivity contribution in [2.45, 2.75) is 25.4 Å². The number of halogens is 1. The SMILES string of the molecule is O=C1CCC(N2Cc3cc(-c4ccccc4)cc(Br)c3C2=O)C(=O)N1. The molecule has 2 heterocycles. The highest BCUT2D eigenvalue weighted by molar-refractivity contribution is 9.10. The molecule has 0 bridgehead atoms. The fourth-order valence-corrected chi connectivity index (χ4v) is 4.13. The minimum atomic E-state index is -0.593. The molecule has 0 spiro atoms. The molecule has 0 aromatic heterocycles. The maximum atomic E-state index is 12.8. The smallest absolute Gasteiger partial charge is 0.256 e. The molecule has 2 aromatic rings. The maximum Gasteiger partial charge on any atom is 0.256 e. The summed E-state index contributed by atoms with van der Waals surface area (Å²) in [5, 5.41) is 2.32. The van der Waals surface area contributed by atoms with E-state index < -0.39 is 11.9 Å². The van der Waals surface area contributed by atoms with Crippen LogP contribution >= 0.6 is 15.9 Å². The molecule has 4 rings (SSSR count). The van der Waals surface area contributed by atoms with Gasteiger partial charge in [-0.3, -0.25) is 19.7 Å². The summed E-state index contributed by atoms with van der Waals surface area (Å²) < 4.78 is 0.726. The number of fused-ring (bicyclic) bond motifs is 1. The first kappa shape index (κ1) is 16.0. The topological polar surface area (TPSA) is 66.5 Å². The van der Waals surface area contributed by atoms with Crippen LogP contribution in [0.5, 0.6) is 0 Å². The molecular formula is C19H15BrN2O3. The minimum Gasteiger partial charge on any atom is -0.322 e. The van der Waals surface area contributed by atoms with Crippen molar-refractivity contribution in [1.82, 2.24) is 10.2 Å². The first-order chi connectivity index (χ1) is 12.0. The average Bonchev–Trinajstić information content (AvgIpc) is 2.93. The normalized spacial score (nSPS) is 19.8. The highest BCUT2D eigenvalue weighted by Crippen LogP contribution is 2.36. The Labute approximate surface area is 153 Å². The highest BCUT2D eigenvalue weighted by atomic mass is 79.9. The van der Waals surface area contributed by atoms with E-state index in [9.17, 15) is 14.4 Å². The third-order valence-electron chi connectivity index (χ3n) is 4.68. The number of amides is 3. The molecule has 2 aliphatic heterocycles. The average molecular weight is 399 g/mol. The Hall–Kier alpha value is -2.47. The van der Waals surface area contributed by atoms with Gasteiger partial charge in [-0.15, -0.1) is 0 Å². The Morgan fingerprint density at radius 3 is 2.52 bits per heavy atom. The second-order valence-electron chi connectivity index (χ2n) is 6.26. The summed E-state index contributed by atoms with van der Waals surface area (Å²) in [5.74, 6) is -0.842. The van der Waals surface area contributed by atoms with Gasteiger partial charge < -0.3 is 4.90 Å². The van der Waals surface area contributed by atoms with Crippen LogP contribution in [-0.2, 0) is 16.1 Å². The molecular weight excluding hydrogens is 384 g/mol. The molecule has 1 fully saturated rings. The van der Waals surface area contributed by atoms with Gasteiger partial charge in [-0.25, -0.2) is 0 Å². The Morgan fingerprint density at radius 1 is 1.04 bits per heavy atom. The van der Waals surface area contributed by atoms with Crippen LogP contribution in [-0.4, -0.2) is 28.7 Å². The number of rotatable bonds is 2. The number of nitrogens with zero attached hydrogens (tertiary/aromatic N) is 1. The van der Waals surface area contributed by atoms with Gasteiger partial charge in [0.2, 0.25) is 11.8 Å². The number of carbonyl (C=O) groups excluding carboxylic acids is 3. The molecule has 25 heavy (non-hydrogen) atoms. The van der Waals surface area contributed by atoms with Crippen LogP contribution in [0.4, 0.5) is 0 Å². The van der Waals surface area contributed by atoms with Crippen LogP contribution < -0.4 is 5.32 Å². The van der Waals surface area contributed by atoms with E-state index in [0.29, 0.717) is 18.5 Å². The van der Waals surface area contributed by atoms with Crippen molar-refractivity contribution in [1.29, 1.82) is 0 Å². The second-order valence-corrected chi connectivity index (χ2v) is 7.11. The number of imide groups is 1. The van der Waals surface area contributed by atoms with Crippen molar-refractivity contribution in [3.63, 3.8) is 0 Å². The lowest BCUT2D eigenvalue weighted by molar-refractivity contribution is -0.136. The quantitative estimate of drug-likeness (QED) is 0.790. The van der Waals surface area contributed by atoms with Crippen LogP contribution in [0.2, 0.25) is 0 Å². The molecule has 0 saturated carbocycles. The Balaban J connectivity index is 1.68. The first-order valence-corrected chi connectivity index (χ1v) is 8.86. The van der Waals surface area contributed by atoms with Gasteiger partial charge in [0.25, 0.3) is 5.91 Å². The molecule has 5 nitrogen and oxygen atoms in total. The number of nitrogens with one attached hydrogen (secondary N) is 1. The van der Waals surface area contributed by atoms with Crippen molar-refractivity contribution >= 4 is 33.7 Å². The molecule has 0 aliphatic carbocycles. The molecule has 2 aromatic carbocycles. The van der Waals surface area contributed by atoms with Gasteiger partial charge >= 0.3 is 0 Å². The van der Waals surface area contributed by atoms with E-state index in [2.05, 4.69) is 21.2 Å². The highest BCUT2D eigenvalue weighted by Gasteiger charge is 2.40. The molecule has 1 atom stereocenters. The lowest BCUT2D eigenvalue weighted by atomic mass is 10.0. The van der Waals surface area contributed by atoms with Gasteiger partial charge in [0, 0.05) is 17.4 Å². The summed E-state index contributed by atoms with van der Waals surface area (Å²) in [5.41, 5.74) is 3.58. The number of carbonyl (C=O) groups is 3. The third-order valence-corrected chi connectivity index (χ3v) is 5.31. The molecule has 1 unspecified atom stereocenters. The number of hydrogen-bond acceptors (Lipinski definition) is 3. The second kappa shape index (κ2) is 6.11. The van der Waals surface area contributed by atoms with Crippen molar-refractivity contribution in [3.05, 3.63) is 58.1 Å². The van der Waals surface area contributed by atoms with Gasteiger partial charge in [-0.05, 0) is 51.2 Å². The fourth-order valence-electron chi connectivity index (χ4n) is 3.46. The van der Waals surface area contributed by atoms with E-state index in [-0.39, 0.29) is 18.2 Å². The first-order valence-electron chi connectivity index (χ1n) is 8.07. The van der Waals surface area contributed by atoms with E-state index in [0.717, 1.165) is 21.2 Å². The van der Waals surface area contributed by atoms with Crippen molar-refractivity contribution in [2.75, 3.05) is 0 Å². The van der Waals surface area contributed by atoms with E-state index in [4.69, 9.17) is 0 Å². The predicted molar refractivity (Wildman–Crippen MR) is 95.6 cm³/mol. The summed E-state index contributed by atoms with van der Waals surface area (Å²) in [6, 6.07) is 13.3. The van der Waals surface area contributed by atoms with Gasteiger partial charge in [0.05, 0.1) is 5.56 Å². The zero-order valence-electron chi connectivity index (χ0n) is 13.3. The molecule has 0 radical (unpaired) electrons. The van der Waals surface area contributed by atoms with Gasteiger partial charge in [0.15, 0.2) is 0 Å². The minimum absolute atomic E-state index is 0.170. The molecule has 1 N–H and O–H groups in total. The Kier molecular flexibility index (Phi) is 3.92. The maximum absolute atomic E-state index is 12.8. The predicted octanol–water partition coefficient (Wildman–Crippen LogP) is 2.88. The summed E-state index contributed by atoms with van der Waals surface area (Å²) in [6.45, 7) is 0.375. The van der Waals surface area contributed by atoms with Crippen LogP contribution in [0.15, 0.2) is 46.9 Å². The third kappa shape index (κ3) is 2.76. The number of piperidine rings is 1. The summed E-state index contributed by atoms with van der Waals surface area (Å²) in [4.78, 5) is 37.9. The van der Waals surface area contributed by atoms with Gasteiger partial charge in [-0.2, -0.15) is 0 Å². The Morgan fingerprint density at radius 2 is 1.80 bits per heavy atom. The van der Waals surface area contributed by atoms with Crippen molar-refractivity contribution in [3.8, 4) is 11.1 Å². The van der Waals surface area contributed by atoms with Crippen LogP contribution in [0, 0.1) is 0 Å². The molecule has 2 aliphatic rings. The zero-order valence-corrected chi connectivity index (χ0v) is 14.9. The summed E-state index contributed by atoms with van der Waals surface area (Å²) >= 11 is 3.51. The lowest BCUT2D eigenvalue weighted by Gasteiger charge is -2.29. The molecule has 6 heteroatoms. The fraction of sp³-hybridized carbons (Fsp3) is 0.211. The number of hydrogen-bond donors (Lipinski definition) is 1.